The Balaban J connectivity index is 1.54. The Morgan fingerprint density at radius 1 is 1.18 bits per heavy atom. The number of aromatic nitrogens is 3. The SMILES string of the molecule is CNc1cc(F)c(F)c2c1[nH]c1ncc(-c3ccc4ccc(C(=O)O)c(=O)n4c3)c(N3C[C@H]4CCN(C)[C@H]4C3)c12. The molecule has 2 saturated heterocycles. The van der Waals surface area contributed by atoms with Crippen LogP contribution in [0.2, 0.25) is 0 Å². The van der Waals surface area contributed by atoms with Crippen LogP contribution in [0.3, 0.4) is 0 Å². The Bertz CT molecular complexity index is 1930. The number of nitrogens with one attached hydrogen (secondary N) is 2. The average Bonchev–Trinajstić information content (AvgIpc) is 3.64. The van der Waals surface area contributed by atoms with Crippen LogP contribution in [0.25, 0.3) is 38.6 Å². The zero-order chi connectivity index (χ0) is 27.9. The van der Waals surface area contributed by atoms with Gasteiger partial charge in [-0.05, 0) is 44.1 Å². The Kier molecular flexibility index (Phi) is 5.36. The number of fused-ring (bicyclic) bond motifs is 5. The van der Waals surface area contributed by atoms with Crippen LogP contribution >= 0.6 is 0 Å². The summed E-state index contributed by atoms with van der Waals surface area (Å²) in [6, 6.07) is 7.88. The summed E-state index contributed by atoms with van der Waals surface area (Å²) in [5, 5.41) is 13.0. The Hall–Kier alpha value is -4.51. The number of benzene rings is 1. The largest absolute Gasteiger partial charge is 0.477 e. The number of aromatic carboxylic acids is 1. The number of carbonyl (C=O) groups is 1. The van der Waals surface area contributed by atoms with Crippen LogP contribution in [-0.2, 0) is 0 Å². The van der Waals surface area contributed by atoms with E-state index in [-0.39, 0.29) is 10.9 Å². The maximum Gasteiger partial charge on any atom is 0.341 e. The molecule has 0 amide bonds. The predicted molar refractivity (Wildman–Crippen MR) is 149 cm³/mol. The first kappa shape index (κ1) is 24.5. The molecule has 0 bridgehead atoms. The van der Waals surface area contributed by atoms with Gasteiger partial charge in [-0.3, -0.25) is 9.20 Å². The van der Waals surface area contributed by atoms with Crippen molar-refractivity contribution in [3.8, 4) is 11.1 Å². The van der Waals surface area contributed by atoms with E-state index in [2.05, 4.69) is 32.1 Å². The second kappa shape index (κ2) is 8.75. The minimum atomic E-state index is -1.31. The fourth-order valence-corrected chi connectivity index (χ4v) is 6.55. The molecule has 1 aromatic carbocycles. The van der Waals surface area contributed by atoms with E-state index in [9.17, 15) is 19.1 Å². The highest BCUT2D eigenvalue weighted by atomic mass is 19.2. The zero-order valence-corrected chi connectivity index (χ0v) is 21.8. The average molecular weight is 545 g/mol. The van der Waals surface area contributed by atoms with Gasteiger partial charge in [-0.2, -0.15) is 0 Å². The number of carboxylic acid groups (broad SMARTS) is 1. The lowest BCUT2D eigenvalue weighted by molar-refractivity contribution is 0.0694. The van der Waals surface area contributed by atoms with Crippen molar-refractivity contribution >= 4 is 44.8 Å². The molecule has 0 aliphatic carbocycles. The van der Waals surface area contributed by atoms with Gasteiger partial charge in [0.2, 0.25) is 0 Å². The van der Waals surface area contributed by atoms with E-state index in [4.69, 9.17) is 0 Å². The van der Waals surface area contributed by atoms with Crippen LogP contribution in [0, 0.1) is 17.6 Å². The van der Waals surface area contributed by atoms with Gasteiger partial charge in [0.25, 0.3) is 5.56 Å². The number of likely N-dealkylation sites (N-methyl/N-ethyl adjacent to an activating group) is 1. The molecule has 2 aliphatic heterocycles. The first-order chi connectivity index (χ1) is 19.3. The van der Waals surface area contributed by atoms with Gasteiger partial charge >= 0.3 is 5.97 Å². The molecule has 3 N–H and O–H groups in total. The monoisotopic (exact) mass is 544 g/mol. The van der Waals surface area contributed by atoms with Crippen molar-refractivity contribution in [1.29, 1.82) is 0 Å². The van der Waals surface area contributed by atoms with Crippen LogP contribution in [0.5, 0.6) is 0 Å². The van der Waals surface area contributed by atoms with Crippen LogP contribution in [-0.4, -0.2) is 70.1 Å². The number of hydrogen-bond acceptors (Lipinski definition) is 6. The molecule has 2 aliphatic rings. The number of H-pyrrole nitrogens is 1. The van der Waals surface area contributed by atoms with Crippen molar-refractivity contribution < 1.29 is 18.7 Å². The van der Waals surface area contributed by atoms with Crippen molar-refractivity contribution in [3.05, 3.63) is 70.3 Å². The lowest BCUT2D eigenvalue weighted by Gasteiger charge is -2.26. The molecule has 2 fully saturated rings. The summed E-state index contributed by atoms with van der Waals surface area (Å²) in [7, 11) is 3.75. The molecule has 40 heavy (non-hydrogen) atoms. The lowest BCUT2D eigenvalue weighted by atomic mass is 10.0. The van der Waals surface area contributed by atoms with Gasteiger partial charge in [-0.25, -0.2) is 18.6 Å². The van der Waals surface area contributed by atoms with Crippen molar-refractivity contribution in [2.75, 3.05) is 43.9 Å². The zero-order valence-electron chi connectivity index (χ0n) is 21.8. The summed E-state index contributed by atoms with van der Waals surface area (Å²) in [5.74, 6) is -2.81. The van der Waals surface area contributed by atoms with E-state index in [1.54, 1.807) is 31.6 Å². The maximum absolute atomic E-state index is 15.6. The van der Waals surface area contributed by atoms with E-state index >= 15 is 4.39 Å². The lowest BCUT2D eigenvalue weighted by Crippen LogP contribution is -2.32. The molecule has 9 nitrogen and oxygen atoms in total. The third-order valence-electron chi connectivity index (χ3n) is 8.57. The molecule has 2 atom stereocenters. The van der Waals surface area contributed by atoms with Crippen LogP contribution in [0.1, 0.15) is 16.8 Å². The molecule has 0 saturated carbocycles. The van der Waals surface area contributed by atoms with E-state index in [1.165, 1.54) is 10.5 Å². The fraction of sp³-hybridized carbons (Fsp3) is 0.276. The first-order valence-corrected chi connectivity index (χ1v) is 13.1. The quantitative estimate of drug-likeness (QED) is 0.312. The number of likely N-dealkylation sites (tertiary alicyclic amines) is 1. The molecular weight excluding hydrogens is 518 g/mol. The van der Waals surface area contributed by atoms with E-state index < -0.39 is 23.2 Å². The van der Waals surface area contributed by atoms with Crippen molar-refractivity contribution in [1.82, 2.24) is 19.3 Å². The number of anilines is 2. The summed E-state index contributed by atoms with van der Waals surface area (Å²) < 4.78 is 31.7. The van der Waals surface area contributed by atoms with E-state index in [0.717, 1.165) is 25.6 Å². The standard InChI is InChI=1S/C29H26F2N6O3/c1-32-20-9-19(30)24(31)22-23-26(36-11-15-7-8-35(2)21(15)13-36)18(10-33-27(23)34-25(20)22)14-3-4-16-5-6-17(29(39)40)28(38)37(16)12-14/h3-6,9-10,12,15,21,32H,7-8,11,13H2,1-2H3,(H,33,34)(H,39,40)/t15-,21+/m1/s1. The number of aromatic amines is 1. The maximum atomic E-state index is 15.6. The van der Waals surface area contributed by atoms with E-state index in [1.807, 2.05) is 6.07 Å². The van der Waals surface area contributed by atoms with Gasteiger partial charge in [-0.1, -0.05) is 6.07 Å². The van der Waals surface area contributed by atoms with Gasteiger partial charge in [0.15, 0.2) is 11.6 Å². The van der Waals surface area contributed by atoms with Gasteiger partial charge in [0, 0.05) is 61.3 Å². The fourth-order valence-electron chi connectivity index (χ4n) is 6.55. The third-order valence-corrected chi connectivity index (χ3v) is 8.57. The summed E-state index contributed by atoms with van der Waals surface area (Å²) >= 11 is 0. The number of carboxylic acids is 1. The summed E-state index contributed by atoms with van der Waals surface area (Å²) in [5.41, 5.74) is 2.73. The number of hydrogen-bond donors (Lipinski definition) is 3. The molecule has 5 aromatic rings. The van der Waals surface area contributed by atoms with Crippen LogP contribution in [0.15, 0.2) is 47.5 Å². The Morgan fingerprint density at radius 3 is 2.73 bits per heavy atom. The Labute approximate surface area is 226 Å². The van der Waals surface area contributed by atoms with Crippen molar-refractivity contribution in [2.45, 2.75) is 12.5 Å². The summed E-state index contributed by atoms with van der Waals surface area (Å²) in [6.07, 6.45) is 4.31. The molecular formula is C29H26F2N6O3. The van der Waals surface area contributed by atoms with Gasteiger partial charge < -0.3 is 25.2 Å². The minimum absolute atomic E-state index is 0.111. The molecule has 4 aromatic heterocycles. The highest BCUT2D eigenvalue weighted by molar-refractivity contribution is 6.18. The number of rotatable bonds is 4. The molecule has 11 heteroatoms. The number of pyridine rings is 3. The van der Waals surface area contributed by atoms with Gasteiger partial charge in [-0.15, -0.1) is 0 Å². The van der Waals surface area contributed by atoms with Crippen molar-refractivity contribution in [3.63, 3.8) is 0 Å². The number of nitrogens with zero attached hydrogens (tertiary/aromatic N) is 4. The first-order valence-electron chi connectivity index (χ1n) is 13.1. The summed E-state index contributed by atoms with van der Waals surface area (Å²) in [4.78, 5) is 37.0. The number of halogens is 2. The molecule has 0 spiro atoms. The van der Waals surface area contributed by atoms with Crippen LogP contribution in [0.4, 0.5) is 20.2 Å². The smallest absolute Gasteiger partial charge is 0.341 e. The van der Waals surface area contributed by atoms with E-state index in [0.29, 0.717) is 63.1 Å². The Morgan fingerprint density at radius 2 is 1.98 bits per heavy atom. The minimum Gasteiger partial charge on any atom is -0.477 e. The molecule has 204 valence electrons. The third kappa shape index (κ3) is 3.43. The second-order valence-corrected chi connectivity index (χ2v) is 10.7. The highest BCUT2D eigenvalue weighted by Gasteiger charge is 2.41. The van der Waals surface area contributed by atoms with Crippen molar-refractivity contribution in [2.24, 2.45) is 5.92 Å². The molecule has 0 unspecified atom stereocenters. The molecule has 7 rings (SSSR count). The van der Waals surface area contributed by atoms with Gasteiger partial charge in [0.1, 0.15) is 11.2 Å². The topological polar surface area (TPSA) is 106 Å². The van der Waals surface area contributed by atoms with Gasteiger partial charge in [0.05, 0.1) is 27.7 Å². The molecule has 0 radical (unpaired) electrons. The normalized spacial score (nSPS) is 19.2. The summed E-state index contributed by atoms with van der Waals surface area (Å²) in [6.45, 7) is 2.45. The molecule has 6 heterocycles. The van der Waals surface area contributed by atoms with Crippen LogP contribution < -0.4 is 15.8 Å². The predicted octanol–water partition coefficient (Wildman–Crippen LogP) is 4.15. The second-order valence-electron chi connectivity index (χ2n) is 10.7. The highest BCUT2D eigenvalue weighted by Crippen LogP contribution is 2.45.